The SMILES string of the molecule is CN(C)CC(=O)Nc1cccc2c1C(=O)C1=C(c3ccc(N4CCNCC4)cc3)N=NC12. The number of benzene rings is 2. The molecule has 8 heteroatoms. The van der Waals surface area contributed by atoms with Crippen LogP contribution in [-0.2, 0) is 4.79 Å². The van der Waals surface area contributed by atoms with Crippen molar-refractivity contribution >= 4 is 28.8 Å². The van der Waals surface area contributed by atoms with Crippen LogP contribution in [0.5, 0.6) is 0 Å². The van der Waals surface area contributed by atoms with Crippen molar-refractivity contribution in [3.63, 3.8) is 0 Å². The van der Waals surface area contributed by atoms with Gasteiger partial charge in [-0.25, -0.2) is 0 Å². The molecule has 1 unspecified atom stereocenters. The molecule has 5 rings (SSSR count). The standard InChI is InChI=1S/C24H26N6O2/c1-29(2)14-19(31)26-18-5-3-4-17-20(18)24(32)21-22(27-28-23(17)21)15-6-8-16(9-7-15)30-12-10-25-11-13-30/h3-9,23,25H,10-14H2,1-2H3,(H,26,31). The van der Waals surface area contributed by atoms with E-state index in [9.17, 15) is 9.59 Å². The second-order valence-electron chi connectivity index (χ2n) is 8.55. The van der Waals surface area contributed by atoms with Crippen molar-refractivity contribution in [1.29, 1.82) is 0 Å². The molecule has 164 valence electrons. The summed E-state index contributed by atoms with van der Waals surface area (Å²) in [4.78, 5) is 29.9. The third-order valence-corrected chi connectivity index (χ3v) is 6.02. The van der Waals surface area contributed by atoms with Crippen molar-refractivity contribution in [3.8, 4) is 0 Å². The molecule has 32 heavy (non-hydrogen) atoms. The van der Waals surface area contributed by atoms with Crippen LogP contribution in [0.4, 0.5) is 11.4 Å². The summed E-state index contributed by atoms with van der Waals surface area (Å²) in [7, 11) is 3.66. The van der Waals surface area contributed by atoms with Gasteiger partial charge in [0.1, 0.15) is 11.7 Å². The summed E-state index contributed by atoms with van der Waals surface area (Å²) >= 11 is 0. The molecule has 3 aliphatic rings. The third-order valence-electron chi connectivity index (χ3n) is 6.02. The van der Waals surface area contributed by atoms with Crippen LogP contribution in [0.3, 0.4) is 0 Å². The number of nitrogens with zero attached hydrogens (tertiary/aromatic N) is 4. The maximum absolute atomic E-state index is 13.4. The van der Waals surface area contributed by atoms with Gasteiger partial charge in [-0.1, -0.05) is 24.3 Å². The molecule has 1 aliphatic carbocycles. The lowest BCUT2D eigenvalue weighted by molar-refractivity contribution is -0.116. The minimum Gasteiger partial charge on any atom is -0.369 e. The monoisotopic (exact) mass is 430 g/mol. The number of carbonyl (C=O) groups excluding carboxylic acids is 2. The molecule has 0 radical (unpaired) electrons. The highest BCUT2D eigenvalue weighted by molar-refractivity contribution is 6.22. The lowest BCUT2D eigenvalue weighted by atomic mass is 10.0. The molecule has 2 N–H and O–H groups in total. The Morgan fingerprint density at radius 1 is 1.16 bits per heavy atom. The molecular formula is C24H26N6O2. The minimum absolute atomic E-state index is 0.114. The van der Waals surface area contributed by atoms with E-state index in [1.165, 1.54) is 5.69 Å². The van der Waals surface area contributed by atoms with Crippen molar-refractivity contribution in [2.45, 2.75) is 6.04 Å². The molecular weight excluding hydrogens is 404 g/mol. The van der Waals surface area contributed by atoms with Crippen LogP contribution in [0, 0.1) is 0 Å². The zero-order chi connectivity index (χ0) is 22.2. The van der Waals surface area contributed by atoms with Gasteiger partial charge in [-0.05, 0) is 37.9 Å². The van der Waals surface area contributed by atoms with Crippen molar-refractivity contribution < 1.29 is 9.59 Å². The molecule has 0 bridgehead atoms. The molecule has 2 aromatic rings. The van der Waals surface area contributed by atoms with E-state index in [0.717, 1.165) is 37.3 Å². The summed E-state index contributed by atoms with van der Waals surface area (Å²) in [6, 6.07) is 13.3. The molecule has 1 atom stereocenters. The number of hydrogen-bond acceptors (Lipinski definition) is 7. The quantitative estimate of drug-likeness (QED) is 0.761. The Morgan fingerprint density at radius 2 is 1.91 bits per heavy atom. The van der Waals surface area contributed by atoms with Gasteiger partial charge >= 0.3 is 0 Å². The Kier molecular flexibility index (Phi) is 5.32. The largest absolute Gasteiger partial charge is 0.369 e. The number of nitrogens with one attached hydrogen (secondary N) is 2. The molecule has 2 heterocycles. The molecule has 1 fully saturated rings. The number of anilines is 2. The van der Waals surface area contributed by atoms with Crippen LogP contribution in [0.25, 0.3) is 5.70 Å². The van der Waals surface area contributed by atoms with Crippen LogP contribution >= 0.6 is 0 Å². The zero-order valence-electron chi connectivity index (χ0n) is 18.3. The van der Waals surface area contributed by atoms with Gasteiger partial charge in [0.15, 0.2) is 5.78 Å². The summed E-state index contributed by atoms with van der Waals surface area (Å²) in [5.41, 5.74) is 5.10. The maximum atomic E-state index is 13.4. The van der Waals surface area contributed by atoms with Gasteiger partial charge in [0.05, 0.1) is 23.4 Å². The Balaban J connectivity index is 1.45. The van der Waals surface area contributed by atoms with Crippen molar-refractivity contribution in [3.05, 3.63) is 64.7 Å². The van der Waals surface area contributed by atoms with E-state index in [4.69, 9.17) is 0 Å². The zero-order valence-corrected chi connectivity index (χ0v) is 18.3. The summed E-state index contributed by atoms with van der Waals surface area (Å²) in [6.07, 6.45) is 0. The second kappa shape index (κ2) is 8.29. The van der Waals surface area contributed by atoms with Crippen LogP contribution in [0.15, 0.2) is 58.3 Å². The highest BCUT2D eigenvalue weighted by Crippen LogP contribution is 2.49. The first kappa shape index (κ1) is 20.5. The molecule has 1 saturated heterocycles. The smallest absolute Gasteiger partial charge is 0.238 e. The molecule has 2 aliphatic heterocycles. The van der Waals surface area contributed by atoms with E-state index < -0.39 is 6.04 Å². The third kappa shape index (κ3) is 3.61. The number of rotatable bonds is 5. The lowest BCUT2D eigenvalue weighted by Gasteiger charge is -2.29. The molecule has 1 amide bonds. The first-order valence-electron chi connectivity index (χ1n) is 10.9. The van der Waals surface area contributed by atoms with Crippen molar-refractivity contribution in [2.75, 3.05) is 57.0 Å². The van der Waals surface area contributed by atoms with Crippen LogP contribution in [0.2, 0.25) is 0 Å². The van der Waals surface area contributed by atoms with E-state index >= 15 is 0 Å². The van der Waals surface area contributed by atoms with Gasteiger partial charge in [-0.3, -0.25) is 9.59 Å². The van der Waals surface area contributed by atoms with Crippen molar-refractivity contribution in [2.24, 2.45) is 10.2 Å². The number of piperazine rings is 1. The average Bonchev–Trinajstić information content (AvgIpc) is 3.34. The van der Waals surface area contributed by atoms with Crippen LogP contribution in [-0.4, -0.2) is 63.4 Å². The molecule has 0 spiro atoms. The van der Waals surface area contributed by atoms with Gasteiger partial charge in [0.25, 0.3) is 0 Å². The lowest BCUT2D eigenvalue weighted by Crippen LogP contribution is -2.43. The summed E-state index contributed by atoms with van der Waals surface area (Å²) in [5.74, 6) is -0.274. The number of likely N-dealkylation sites (N-methyl/N-ethyl adjacent to an activating group) is 1. The molecule has 0 saturated carbocycles. The predicted octanol–water partition coefficient (Wildman–Crippen LogP) is 2.71. The summed E-state index contributed by atoms with van der Waals surface area (Å²) in [5, 5.41) is 15.0. The number of carbonyl (C=O) groups is 2. The first-order valence-corrected chi connectivity index (χ1v) is 10.9. The molecule has 0 aromatic heterocycles. The Hall–Kier alpha value is -3.36. The fraction of sp³-hybridized carbons (Fsp3) is 0.333. The highest BCUT2D eigenvalue weighted by Gasteiger charge is 2.42. The van der Waals surface area contributed by atoms with Gasteiger partial charge in [-0.15, -0.1) is 0 Å². The number of azo groups is 1. The number of Topliss-reactive ketones (excluding diaryl/α,β-unsaturated/α-hetero) is 1. The van der Waals surface area contributed by atoms with Gasteiger partial charge in [0.2, 0.25) is 5.91 Å². The summed E-state index contributed by atoms with van der Waals surface area (Å²) in [6.45, 7) is 4.16. The maximum Gasteiger partial charge on any atom is 0.238 e. The van der Waals surface area contributed by atoms with Gasteiger partial charge in [-0.2, -0.15) is 10.2 Å². The molecule has 2 aromatic carbocycles. The van der Waals surface area contributed by atoms with E-state index in [1.54, 1.807) is 11.0 Å². The van der Waals surface area contributed by atoms with Crippen LogP contribution in [0.1, 0.15) is 27.5 Å². The Morgan fingerprint density at radius 3 is 2.62 bits per heavy atom. The van der Waals surface area contributed by atoms with Crippen LogP contribution < -0.4 is 15.5 Å². The van der Waals surface area contributed by atoms with Gasteiger partial charge < -0.3 is 20.4 Å². The summed E-state index contributed by atoms with van der Waals surface area (Å²) < 4.78 is 0. The van der Waals surface area contributed by atoms with Crippen molar-refractivity contribution in [1.82, 2.24) is 10.2 Å². The number of ketones is 1. The average molecular weight is 431 g/mol. The number of fused-ring (bicyclic) bond motifs is 3. The van der Waals surface area contributed by atoms with E-state index in [0.29, 0.717) is 22.5 Å². The minimum atomic E-state index is -0.411. The Bertz CT molecular complexity index is 1130. The predicted molar refractivity (Wildman–Crippen MR) is 124 cm³/mol. The Labute approximate surface area is 187 Å². The highest BCUT2D eigenvalue weighted by atomic mass is 16.2. The normalized spacial score (nSPS) is 19.5. The second-order valence-corrected chi connectivity index (χ2v) is 8.55. The topological polar surface area (TPSA) is 89.4 Å². The first-order chi connectivity index (χ1) is 15.5. The fourth-order valence-electron chi connectivity index (χ4n) is 4.54. The molecule has 8 nitrogen and oxygen atoms in total. The van der Waals surface area contributed by atoms with Gasteiger partial charge in [0, 0.05) is 37.4 Å². The number of hydrogen-bond donors (Lipinski definition) is 2. The van der Waals surface area contributed by atoms with E-state index in [2.05, 4.69) is 37.9 Å². The van der Waals surface area contributed by atoms with E-state index in [1.807, 2.05) is 38.4 Å². The van der Waals surface area contributed by atoms with E-state index in [-0.39, 0.29) is 18.2 Å². The number of amides is 1. The fourth-order valence-corrected chi connectivity index (χ4v) is 4.54.